The van der Waals surface area contributed by atoms with E-state index in [9.17, 15) is 13.2 Å². The molecule has 0 atom stereocenters. The van der Waals surface area contributed by atoms with E-state index in [4.69, 9.17) is 0 Å². The van der Waals surface area contributed by atoms with Gasteiger partial charge in [0.15, 0.2) is 0 Å². The Hall–Kier alpha value is -1.21. The van der Waals surface area contributed by atoms with Crippen LogP contribution in [-0.4, -0.2) is 30.8 Å². The van der Waals surface area contributed by atoms with Gasteiger partial charge >= 0.3 is 0 Å². The molecule has 96 valence electrons. The molecule has 0 aliphatic rings. The summed E-state index contributed by atoms with van der Waals surface area (Å²) in [6.45, 7) is 3.43. The van der Waals surface area contributed by atoms with Crippen molar-refractivity contribution in [3.63, 3.8) is 0 Å². The summed E-state index contributed by atoms with van der Waals surface area (Å²) in [5.41, 5.74) is 0.941. The maximum absolute atomic E-state index is 11.9. The molecular weight excluding hydrogens is 244 g/mol. The molecule has 0 spiro atoms. The second-order valence-electron chi connectivity index (χ2n) is 3.86. The van der Waals surface area contributed by atoms with Gasteiger partial charge in [-0.15, -0.1) is 0 Å². The zero-order valence-electron chi connectivity index (χ0n) is 10.3. The van der Waals surface area contributed by atoms with Crippen LogP contribution in [-0.2, 0) is 27.8 Å². The minimum atomic E-state index is -3.47. The van der Waals surface area contributed by atoms with E-state index in [0.29, 0.717) is 17.1 Å². The van der Waals surface area contributed by atoms with Crippen LogP contribution in [0.3, 0.4) is 0 Å². The van der Waals surface area contributed by atoms with Gasteiger partial charge in [-0.1, -0.05) is 0 Å². The lowest BCUT2D eigenvalue weighted by molar-refractivity contribution is 0.324. The first-order valence-corrected chi connectivity index (χ1v) is 6.91. The van der Waals surface area contributed by atoms with E-state index >= 15 is 0 Å². The quantitative estimate of drug-likeness (QED) is 0.707. The van der Waals surface area contributed by atoms with E-state index in [-0.39, 0.29) is 18.6 Å². The first kappa shape index (κ1) is 13.9. The lowest BCUT2D eigenvalue weighted by Gasteiger charge is -2.09. The summed E-state index contributed by atoms with van der Waals surface area (Å²) in [6, 6.07) is 0. The molecule has 6 nitrogen and oxygen atoms in total. The van der Waals surface area contributed by atoms with Gasteiger partial charge in [-0.05, 0) is 13.8 Å². The molecule has 1 aromatic heterocycles. The van der Waals surface area contributed by atoms with Crippen molar-refractivity contribution in [2.24, 2.45) is 7.05 Å². The van der Waals surface area contributed by atoms with Gasteiger partial charge < -0.3 is 0 Å². The van der Waals surface area contributed by atoms with Crippen LogP contribution in [0.2, 0.25) is 0 Å². The van der Waals surface area contributed by atoms with E-state index in [1.54, 1.807) is 20.9 Å². The average Bonchev–Trinajstić information content (AvgIpc) is 2.18. The summed E-state index contributed by atoms with van der Waals surface area (Å²) in [6.07, 6.45) is 1.21. The van der Waals surface area contributed by atoms with Crippen LogP contribution in [0.4, 0.5) is 0 Å². The highest BCUT2D eigenvalue weighted by atomic mass is 32.2. The second kappa shape index (κ2) is 4.97. The van der Waals surface area contributed by atoms with Crippen LogP contribution in [0, 0.1) is 13.8 Å². The summed E-state index contributed by atoms with van der Waals surface area (Å²) in [4.78, 5) is 16.1. The van der Waals surface area contributed by atoms with Crippen molar-refractivity contribution < 1.29 is 12.6 Å². The highest BCUT2D eigenvalue weighted by Gasteiger charge is 2.10. The maximum atomic E-state index is 11.9. The number of nitrogens with zero attached hydrogens (tertiary/aromatic N) is 2. The first-order chi connectivity index (χ1) is 7.72. The molecule has 0 unspecified atom stereocenters. The Labute approximate surface area is 100 Å². The average molecular weight is 260 g/mol. The number of rotatable bonds is 4. The molecule has 0 aliphatic heterocycles. The molecule has 0 bridgehead atoms. The maximum Gasteiger partial charge on any atom is 0.264 e. The molecule has 0 saturated carbocycles. The minimum absolute atomic E-state index is 0.0420. The van der Waals surface area contributed by atoms with Gasteiger partial charge in [0.25, 0.3) is 15.7 Å². The van der Waals surface area contributed by atoms with E-state index in [2.05, 4.69) is 9.17 Å². The lowest BCUT2D eigenvalue weighted by atomic mass is 10.2. The molecule has 0 aromatic carbocycles. The SMILES string of the molecule is Cc1nc(C)n(C)c(=O)c1CCOS(C)(=O)=O. The zero-order valence-corrected chi connectivity index (χ0v) is 11.2. The van der Waals surface area contributed by atoms with Crippen molar-refractivity contribution in [1.29, 1.82) is 0 Å². The molecule has 1 aromatic rings. The topological polar surface area (TPSA) is 78.3 Å². The number of hydrogen-bond acceptors (Lipinski definition) is 5. The van der Waals surface area contributed by atoms with Crippen LogP contribution in [0.5, 0.6) is 0 Å². The minimum Gasteiger partial charge on any atom is -0.300 e. The van der Waals surface area contributed by atoms with Gasteiger partial charge in [-0.25, -0.2) is 4.98 Å². The third-order valence-corrected chi connectivity index (χ3v) is 3.06. The fourth-order valence-electron chi connectivity index (χ4n) is 1.47. The highest BCUT2D eigenvalue weighted by molar-refractivity contribution is 7.85. The van der Waals surface area contributed by atoms with E-state index in [1.165, 1.54) is 4.57 Å². The van der Waals surface area contributed by atoms with E-state index < -0.39 is 10.1 Å². The normalized spacial score (nSPS) is 11.8. The van der Waals surface area contributed by atoms with Gasteiger partial charge in [0.05, 0.1) is 12.9 Å². The molecule has 0 N–H and O–H groups in total. The Kier molecular flexibility index (Phi) is 4.05. The van der Waals surface area contributed by atoms with Gasteiger partial charge in [0.2, 0.25) is 0 Å². The van der Waals surface area contributed by atoms with Crippen molar-refractivity contribution in [3.05, 3.63) is 27.4 Å². The van der Waals surface area contributed by atoms with Gasteiger partial charge in [0.1, 0.15) is 5.82 Å². The van der Waals surface area contributed by atoms with Crippen molar-refractivity contribution in [2.75, 3.05) is 12.9 Å². The Morgan fingerprint density at radius 2 is 1.94 bits per heavy atom. The molecule has 1 rings (SSSR count). The van der Waals surface area contributed by atoms with Crippen LogP contribution >= 0.6 is 0 Å². The fraction of sp³-hybridized carbons (Fsp3) is 0.600. The van der Waals surface area contributed by atoms with Gasteiger partial charge in [0, 0.05) is 24.7 Å². The Bertz CT molecular complexity index is 575. The lowest BCUT2D eigenvalue weighted by Crippen LogP contribution is -2.27. The Balaban J connectivity index is 2.93. The smallest absolute Gasteiger partial charge is 0.264 e. The second-order valence-corrected chi connectivity index (χ2v) is 5.51. The highest BCUT2D eigenvalue weighted by Crippen LogP contribution is 2.02. The first-order valence-electron chi connectivity index (χ1n) is 5.10. The zero-order chi connectivity index (χ0) is 13.2. The number of aryl methyl sites for hydroxylation is 2. The van der Waals surface area contributed by atoms with Crippen molar-refractivity contribution in [3.8, 4) is 0 Å². The third kappa shape index (κ3) is 3.64. The molecule has 1 heterocycles. The summed E-state index contributed by atoms with van der Waals surface area (Å²) in [5.74, 6) is 0.625. The Morgan fingerprint density at radius 1 is 1.35 bits per heavy atom. The molecule has 7 heteroatoms. The summed E-state index contributed by atoms with van der Waals surface area (Å²) in [7, 11) is -1.84. The van der Waals surface area contributed by atoms with Gasteiger partial charge in [-0.2, -0.15) is 8.42 Å². The summed E-state index contributed by atoms with van der Waals surface area (Å²) < 4.78 is 27.6. The number of aromatic nitrogens is 2. The van der Waals surface area contributed by atoms with Crippen LogP contribution in [0.25, 0.3) is 0 Å². The largest absolute Gasteiger partial charge is 0.300 e. The van der Waals surface area contributed by atoms with Crippen molar-refractivity contribution in [1.82, 2.24) is 9.55 Å². The summed E-state index contributed by atoms with van der Waals surface area (Å²) >= 11 is 0. The molecular formula is C10H16N2O4S. The van der Waals surface area contributed by atoms with Crippen LogP contribution in [0.15, 0.2) is 4.79 Å². The molecule has 0 radical (unpaired) electrons. The summed E-state index contributed by atoms with van der Waals surface area (Å²) in [5, 5.41) is 0. The molecule has 0 saturated heterocycles. The third-order valence-electron chi connectivity index (χ3n) is 2.46. The van der Waals surface area contributed by atoms with Crippen molar-refractivity contribution in [2.45, 2.75) is 20.3 Å². The van der Waals surface area contributed by atoms with E-state index in [1.807, 2.05) is 0 Å². The fourth-order valence-corrected chi connectivity index (χ4v) is 1.86. The standard InChI is InChI=1S/C10H16N2O4S/c1-7-9(5-6-16-17(4,14)15)10(13)12(3)8(2)11-7/h5-6H2,1-4H3. The van der Waals surface area contributed by atoms with E-state index in [0.717, 1.165) is 6.26 Å². The van der Waals surface area contributed by atoms with Gasteiger partial charge in [-0.3, -0.25) is 13.5 Å². The molecule has 0 amide bonds. The van der Waals surface area contributed by atoms with Crippen LogP contribution < -0.4 is 5.56 Å². The molecule has 0 aliphatic carbocycles. The molecule has 0 fully saturated rings. The monoisotopic (exact) mass is 260 g/mol. The van der Waals surface area contributed by atoms with Crippen LogP contribution in [0.1, 0.15) is 17.1 Å². The predicted octanol–water partition coefficient (Wildman–Crippen LogP) is -0.0842. The van der Waals surface area contributed by atoms with Crippen molar-refractivity contribution >= 4 is 10.1 Å². The Morgan fingerprint density at radius 3 is 2.47 bits per heavy atom. The molecule has 17 heavy (non-hydrogen) atoms. The number of hydrogen-bond donors (Lipinski definition) is 0. The predicted molar refractivity (Wildman–Crippen MR) is 63.5 cm³/mol.